The molecule has 1 aromatic carbocycles. The highest BCUT2D eigenvalue weighted by Crippen LogP contribution is 2.30. The van der Waals surface area contributed by atoms with E-state index in [4.69, 9.17) is 5.73 Å². The van der Waals surface area contributed by atoms with E-state index < -0.39 is 0 Å². The highest BCUT2D eigenvalue weighted by Gasteiger charge is 2.08. The Morgan fingerprint density at radius 2 is 1.84 bits per heavy atom. The lowest BCUT2D eigenvalue weighted by atomic mass is 10.1. The van der Waals surface area contributed by atoms with E-state index in [0.29, 0.717) is 22.4 Å². The molecule has 0 bridgehead atoms. The van der Waals surface area contributed by atoms with Crippen LogP contribution in [0.2, 0.25) is 0 Å². The van der Waals surface area contributed by atoms with Gasteiger partial charge in [-0.1, -0.05) is 0 Å². The van der Waals surface area contributed by atoms with Crippen LogP contribution in [0.4, 0.5) is 5.82 Å². The summed E-state index contributed by atoms with van der Waals surface area (Å²) in [6.45, 7) is 0. The van der Waals surface area contributed by atoms with Crippen molar-refractivity contribution in [1.29, 1.82) is 0 Å². The largest absolute Gasteiger partial charge is 0.504 e. The summed E-state index contributed by atoms with van der Waals surface area (Å²) < 4.78 is 0. The second kappa shape index (κ2) is 4.05. The summed E-state index contributed by atoms with van der Waals surface area (Å²) in [6, 6.07) is 4.39. The Bertz CT molecular complexity index is 775. The second-order valence-electron chi connectivity index (χ2n) is 3.89. The minimum atomic E-state index is -0.225. The Morgan fingerprint density at radius 1 is 1.00 bits per heavy atom. The molecule has 3 aromatic rings. The summed E-state index contributed by atoms with van der Waals surface area (Å²) in [5.74, 6) is -0.181. The molecule has 0 aliphatic carbocycles. The Morgan fingerprint density at radius 3 is 2.63 bits per heavy atom. The number of hydrogen-bond donors (Lipinski definition) is 3. The molecule has 0 spiro atoms. The van der Waals surface area contributed by atoms with Crippen LogP contribution in [0.5, 0.6) is 11.5 Å². The van der Waals surface area contributed by atoms with E-state index >= 15 is 0 Å². The van der Waals surface area contributed by atoms with Gasteiger partial charge in [-0.15, -0.1) is 0 Å². The lowest BCUT2D eigenvalue weighted by molar-refractivity contribution is 0.404. The standard InChI is InChI=1S/C12H9N5O2/c13-11-10-12(16-5-15-11)14-4-7(17-10)6-1-2-8(18)9(19)3-6/h1-5,18-19H,(H2,13,14,15,16). The summed E-state index contributed by atoms with van der Waals surface area (Å²) in [5, 5.41) is 18.8. The molecule has 0 aliphatic heterocycles. The highest BCUT2D eigenvalue weighted by atomic mass is 16.3. The second-order valence-corrected chi connectivity index (χ2v) is 3.89. The van der Waals surface area contributed by atoms with E-state index in [1.54, 1.807) is 6.07 Å². The first kappa shape index (κ1) is 11.1. The molecule has 3 rings (SSSR count). The van der Waals surface area contributed by atoms with E-state index in [2.05, 4.69) is 19.9 Å². The minimum Gasteiger partial charge on any atom is -0.504 e. The number of anilines is 1. The van der Waals surface area contributed by atoms with E-state index in [-0.39, 0.29) is 17.3 Å². The Kier molecular flexibility index (Phi) is 2.38. The number of aromatic nitrogens is 4. The maximum absolute atomic E-state index is 9.48. The molecule has 0 radical (unpaired) electrons. The number of nitrogens with two attached hydrogens (primary N) is 1. The zero-order chi connectivity index (χ0) is 13.4. The van der Waals surface area contributed by atoms with Crippen LogP contribution in [0.25, 0.3) is 22.4 Å². The summed E-state index contributed by atoms with van der Waals surface area (Å²) >= 11 is 0. The molecule has 2 heterocycles. The van der Waals surface area contributed by atoms with Gasteiger partial charge in [0, 0.05) is 5.56 Å². The molecule has 19 heavy (non-hydrogen) atoms. The van der Waals surface area contributed by atoms with Crippen molar-refractivity contribution in [2.45, 2.75) is 0 Å². The van der Waals surface area contributed by atoms with Crippen LogP contribution in [0, 0.1) is 0 Å². The third-order valence-corrected chi connectivity index (χ3v) is 2.64. The Hall–Kier alpha value is -2.96. The van der Waals surface area contributed by atoms with Crippen LogP contribution in [-0.2, 0) is 0 Å². The number of rotatable bonds is 1. The summed E-state index contributed by atoms with van der Waals surface area (Å²) in [5.41, 5.74) is 7.62. The average Bonchev–Trinajstić information content (AvgIpc) is 2.42. The van der Waals surface area contributed by atoms with Gasteiger partial charge in [-0.05, 0) is 18.2 Å². The number of nitrogens with zero attached hydrogens (tertiary/aromatic N) is 4. The molecule has 0 unspecified atom stereocenters. The molecular weight excluding hydrogens is 246 g/mol. The van der Waals surface area contributed by atoms with E-state index in [1.807, 2.05) is 0 Å². The van der Waals surface area contributed by atoms with Crippen LogP contribution in [0.15, 0.2) is 30.7 Å². The van der Waals surface area contributed by atoms with Gasteiger partial charge in [0.1, 0.15) is 6.33 Å². The van der Waals surface area contributed by atoms with Crippen molar-refractivity contribution in [3.63, 3.8) is 0 Å². The normalized spacial score (nSPS) is 10.7. The van der Waals surface area contributed by atoms with Crippen LogP contribution in [0.1, 0.15) is 0 Å². The van der Waals surface area contributed by atoms with Gasteiger partial charge in [-0.25, -0.2) is 19.9 Å². The van der Waals surface area contributed by atoms with E-state index in [9.17, 15) is 10.2 Å². The third-order valence-electron chi connectivity index (χ3n) is 2.64. The first-order chi connectivity index (χ1) is 9.15. The van der Waals surface area contributed by atoms with Crippen LogP contribution in [-0.4, -0.2) is 30.1 Å². The quantitative estimate of drug-likeness (QED) is 0.557. The highest BCUT2D eigenvalue weighted by molar-refractivity contribution is 5.82. The van der Waals surface area contributed by atoms with Gasteiger partial charge in [-0.2, -0.15) is 0 Å². The van der Waals surface area contributed by atoms with Gasteiger partial charge < -0.3 is 15.9 Å². The number of benzene rings is 1. The maximum atomic E-state index is 9.48. The lowest BCUT2D eigenvalue weighted by Gasteiger charge is -2.04. The van der Waals surface area contributed by atoms with Crippen LogP contribution >= 0.6 is 0 Å². The van der Waals surface area contributed by atoms with Crippen molar-refractivity contribution in [3.05, 3.63) is 30.7 Å². The molecule has 0 amide bonds. The minimum absolute atomic E-state index is 0.194. The van der Waals surface area contributed by atoms with Crippen molar-refractivity contribution in [3.8, 4) is 22.8 Å². The van der Waals surface area contributed by atoms with Crippen molar-refractivity contribution in [2.75, 3.05) is 5.73 Å². The number of hydrogen-bond acceptors (Lipinski definition) is 7. The molecule has 7 heteroatoms. The average molecular weight is 255 g/mol. The molecular formula is C12H9N5O2. The van der Waals surface area contributed by atoms with Gasteiger partial charge in [-0.3, -0.25) is 0 Å². The number of nitrogen functional groups attached to an aromatic ring is 1. The van der Waals surface area contributed by atoms with Crippen molar-refractivity contribution >= 4 is 17.0 Å². The number of aromatic hydroxyl groups is 2. The maximum Gasteiger partial charge on any atom is 0.183 e. The Balaban J connectivity index is 2.20. The molecule has 0 fully saturated rings. The molecule has 0 aliphatic rings. The number of phenolic OH excluding ortho intramolecular Hbond substituents is 2. The van der Waals surface area contributed by atoms with Gasteiger partial charge in [0.25, 0.3) is 0 Å². The fraction of sp³-hybridized carbons (Fsp3) is 0. The zero-order valence-corrected chi connectivity index (χ0v) is 9.65. The third kappa shape index (κ3) is 1.86. The van der Waals surface area contributed by atoms with Crippen LogP contribution < -0.4 is 5.73 Å². The van der Waals surface area contributed by atoms with Crippen LogP contribution in [0.3, 0.4) is 0 Å². The van der Waals surface area contributed by atoms with Crippen molar-refractivity contribution in [2.24, 2.45) is 0 Å². The van der Waals surface area contributed by atoms with Gasteiger partial charge in [0.05, 0.1) is 11.9 Å². The van der Waals surface area contributed by atoms with E-state index in [0.717, 1.165) is 0 Å². The van der Waals surface area contributed by atoms with Gasteiger partial charge in [0.2, 0.25) is 0 Å². The fourth-order valence-electron chi connectivity index (χ4n) is 1.68. The van der Waals surface area contributed by atoms with Crippen molar-refractivity contribution < 1.29 is 10.2 Å². The molecule has 0 atom stereocenters. The van der Waals surface area contributed by atoms with Crippen molar-refractivity contribution in [1.82, 2.24) is 19.9 Å². The summed E-state index contributed by atoms with van der Waals surface area (Å²) in [7, 11) is 0. The summed E-state index contributed by atoms with van der Waals surface area (Å²) in [6.07, 6.45) is 2.83. The molecule has 0 saturated carbocycles. The molecule has 4 N–H and O–H groups in total. The van der Waals surface area contributed by atoms with E-state index in [1.165, 1.54) is 24.7 Å². The Labute approximate surface area is 107 Å². The SMILES string of the molecule is Nc1ncnc2ncc(-c3ccc(O)c(O)c3)nc12. The van der Waals surface area contributed by atoms with Gasteiger partial charge in [0.15, 0.2) is 28.5 Å². The topological polar surface area (TPSA) is 118 Å². The molecule has 7 nitrogen and oxygen atoms in total. The monoisotopic (exact) mass is 255 g/mol. The molecule has 0 saturated heterocycles. The summed E-state index contributed by atoms with van der Waals surface area (Å²) in [4.78, 5) is 16.2. The molecule has 94 valence electrons. The predicted octanol–water partition coefficient (Wildman–Crippen LogP) is 1.08. The fourth-order valence-corrected chi connectivity index (χ4v) is 1.68. The number of phenols is 2. The molecule has 2 aromatic heterocycles. The number of fused-ring (bicyclic) bond motifs is 1. The zero-order valence-electron chi connectivity index (χ0n) is 9.65. The first-order valence-corrected chi connectivity index (χ1v) is 5.41. The lowest BCUT2D eigenvalue weighted by Crippen LogP contribution is -1.98. The predicted molar refractivity (Wildman–Crippen MR) is 68.3 cm³/mol. The first-order valence-electron chi connectivity index (χ1n) is 5.41. The smallest absolute Gasteiger partial charge is 0.183 e. The van der Waals surface area contributed by atoms with Gasteiger partial charge >= 0.3 is 0 Å².